The lowest BCUT2D eigenvalue weighted by atomic mass is 9.64. The first-order chi connectivity index (χ1) is 14.6. The number of fused-ring (bicyclic) bond motifs is 2. The molecule has 31 heavy (non-hydrogen) atoms. The van der Waals surface area contributed by atoms with Gasteiger partial charge in [-0.15, -0.1) is 0 Å². The number of nitrogens with zero attached hydrogens (tertiary/aromatic N) is 1. The molecule has 0 saturated heterocycles. The van der Waals surface area contributed by atoms with Crippen molar-refractivity contribution in [3.05, 3.63) is 64.4 Å². The summed E-state index contributed by atoms with van der Waals surface area (Å²) in [5.41, 5.74) is 0.205. The van der Waals surface area contributed by atoms with Crippen LogP contribution in [0, 0.1) is 22.1 Å². The topological polar surface area (TPSA) is 67.8 Å². The third kappa shape index (κ3) is 3.30. The van der Waals surface area contributed by atoms with Crippen molar-refractivity contribution in [3.63, 3.8) is 0 Å². The number of hydrogen-bond donors (Lipinski definition) is 1. The van der Waals surface area contributed by atoms with E-state index in [9.17, 15) is 14.0 Å². The molecule has 0 radical (unpaired) electrons. The molecule has 4 rings (SSSR count). The Morgan fingerprint density at radius 3 is 2.42 bits per heavy atom. The molecule has 2 atom stereocenters. The van der Waals surface area contributed by atoms with E-state index in [1.807, 2.05) is 6.07 Å². The van der Waals surface area contributed by atoms with Crippen molar-refractivity contribution in [1.29, 1.82) is 0 Å². The summed E-state index contributed by atoms with van der Waals surface area (Å²) in [7, 11) is 0. The number of rotatable bonds is 4. The minimum atomic E-state index is -0.686. The van der Waals surface area contributed by atoms with Gasteiger partial charge in [0.15, 0.2) is 0 Å². The van der Waals surface area contributed by atoms with Crippen LogP contribution in [0.3, 0.4) is 0 Å². The van der Waals surface area contributed by atoms with Crippen molar-refractivity contribution in [1.82, 2.24) is 0 Å². The summed E-state index contributed by atoms with van der Waals surface area (Å²) in [6.45, 7) is 6.22. The number of nitrogens with one attached hydrogen (secondary N) is 1. The van der Waals surface area contributed by atoms with Gasteiger partial charge in [-0.1, -0.05) is 38.1 Å². The molecule has 1 amide bonds. The Bertz CT molecular complexity index is 1080. The highest BCUT2D eigenvalue weighted by Gasteiger charge is 2.71. The lowest BCUT2D eigenvalue weighted by molar-refractivity contribution is -0.130. The number of halogens is 2. The maximum atomic E-state index is 13.4. The van der Waals surface area contributed by atoms with Crippen molar-refractivity contribution < 1.29 is 18.8 Å². The SMILES string of the molecule is CC12CCC(C(=O)Nc3ccc(F)cc3)(C/C1=N\OC(=O)c1ccccc1Br)C2(C)C. The first-order valence-corrected chi connectivity index (χ1v) is 11.0. The minimum absolute atomic E-state index is 0.116. The van der Waals surface area contributed by atoms with Crippen LogP contribution in [0.5, 0.6) is 0 Å². The van der Waals surface area contributed by atoms with Gasteiger partial charge in [0.05, 0.1) is 16.7 Å². The highest BCUT2D eigenvalue weighted by atomic mass is 79.9. The summed E-state index contributed by atoms with van der Waals surface area (Å²) < 4.78 is 13.9. The van der Waals surface area contributed by atoms with Gasteiger partial charge in [0.1, 0.15) is 5.82 Å². The molecule has 0 spiro atoms. The molecule has 2 bridgehead atoms. The van der Waals surface area contributed by atoms with Gasteiger partial charge in [0, 0.05) is 22.0 Å². The molecule has 2 aliphatic rings. The van der Waals surface area contributed by atoms with E-state index in [-0.39, 0.29) is 17.1 Å². The van der Waals surface area contributed by atoms with E-state index >= 15 is 0 Å². The number of benzene rings is 2. The number of carbonyl (C=O) groups is 2. The summed E-state index contributed by atoms with van der Waals surface area (Å²) in [5, 5.41) is 7.20. The molecule has 0 aliphatic heterocycles. The number of hydrogen-bond acceptors (Lipinski definition) is 4. The Labute approximate surface area is 189 Å². The predicted molar refractivity (Wildman–Crippen MR) is 120 cm³/mol. The smallest absolute Gasteiger partial charge is 0.326 e. The maximum Gasteiger partial charge on any atom is 0.366 e. The average molecular weight is 487 g/mol. The van der Waals surface area contributed by atoms with Crippen LogP contribution in [0.1, 0.15) is 50.4 Å². The largest absolute Gasteiger partial charge is 0.366 e. The maximum absolute atomic E-state index is 13.4. The molecule has 7 heteroatoms. The van der Waals surface area contributed by atoms with Gasteiger partial charge in [-0.3, -0.25) is 4.79 Å². The summed E-state index contributed by atoms with van der Waals surface area (Å²) in [6.07, 6.45) is 1.88. The number of amides is 1. The van der Waals surface area contributed by atoms with E-state index in [0.29, 0.717) is 28.6 Å². The Morgan fingerprint density at radius 2 is 1.74 bits per heavy atom. The molecular weight excluding hydrogens is 463 g/mol. The fourth-order valence-electron chi connectivity index (χ4n) is 5.08. The molecular formula is C24H24BrFN2O3. The van der Waals surface area contributed by atoms with Gasteiger partial charge < -0.3 is 10.2 Å². The zero-order valence-electron chi connectivity index (χ0n) is 17.7. The van der Waals surface area contributed by atoms with E-state index in [0.717, 1.165) is 12.1 Å². The van der Waals surface area contributed by atoms with Crippen LogP contribution in [0.15, 0.2) is 58.2 Å². The molecule has 2 aromatic rings. The highest BCUT2D eigenvalue weighted by molar-refractivity contribution is 9.10. The number of carbonyl (C=O) groups excluding carboxylic acids is 2. The first kappa shape index (κ1) is 21.7. The summed E-state index contributed by atoms with van der Waals surface area (Å²) >= 11 is 3.35. The molecule has 2 fully saturated rings. The van der Waals surface area contributed by atoms with Crippen LogP contribution in [0.4, 0.5) is 10.1 Å². The van der Waals surface area contributed by atoms with E-state index in [1.165, 1.54) is 12.1 Å². The van der Waals surface area contributed by atoms with Crippen LogP contribution < -0.4 is 5.32 Å². The molecule has 2 aromatic carbocycles. The Hall–Kier alpha value is -2.54. The number of oxime groups is 1. The normalized spacial score (nSPS) is 27.3. The summed E-state index contributed by atoms with van der Waals surface area (Å²) in [4.78, 5) is 31.2. The van der Waals surface area contributed by atoms with Gasteiger partial charge in [0.25, 0.3) is 0 Å². The zero-order chi connectivity index (χ0) is 22.4. The van der Waals surface area contributed by atoms with E-state index in [2.05, 4.69) is 47.2 Å². The van der Waals surface area contributed by atoms with Crippen LogP contribution >= 0.6 is 15.9 Å². The average Bonchev–Trinajstić information content (AvgIpc) is 3.04. The third-order valence-electron chi connectivity index (χ3n) is 7.60. The highest BCUT2D eigenvalue weighted by Crippen LogP contribution is 2.71. The van der Waals surface area contributed by atoms with Crippen molar-refractivity contribution in [2.75, 3.05) is 5.32 Å². The zero-order valence-corrected chi connectivity index (χ0v) is 19.3. The molecule has 0 heterocycles. The second-order valence-electron chi connectivity index (χ2n) is 9.07. The quantitative estimate of drug-likeness (QED) is 0.428. The second-order valence-corrected chi connectivity index (χ2v) is 9.93. The van der Waals surface area contributed by atoms with E-state index in [4.69, 9.17) is 4.84 Å². The lowest BCUT2D eigenvalue weighted by Gasteiger charge is -2.39. The van der Waals surface area contributed by atoms with Gasteiger partial charge >= 0.3 is 5.97 Å². The van der Waals surface area contributed by atoms with Gasteiger partial charge in [-0.25, -0.2) is 9.18 Å². The van der Waals surface area contributed by atoms with Gasteiger partial charge in [-0.2, -0.15) is 0 Å². The van der Waals surface area contributed by atoms with Crippen molar-refractivity contribution in [2.45, 2.75) is 40.0 Å². The van der Waals surface area contributed by atoms with E-state index in [1.54, 1.807) is 30.3 Å². The van der Waals surface area contributed by atoms with Crippen LogP contribution in [-0.4, -0.2) is 17.6 Å². The monoisotopic (exact) mass is 486 g/mol. The second kappa shape index (κ2) is 7.55. The predicted octanol–water partition coefficient (Wildman–Crippen LogP) is 5.96. The van der Waals surface area contributed by atoms with Crippen molar-refractivity contribution in [3.8, 4) is 0 Å². The van der Waals surface area contributed by atoms with Gasteiger partial charge in [0.2, 0.25) is 5.91 Å². The van der Waals surface area contributed by atoms with E-state index < -0.39 is 16.8 Å². The minimum Gasteiger partial charge on any atom is -0.326 e. The number of anilines is 1. The Morgan fingerprint density at radius 1 is 1.06 bits per heavy atom. The fraction of sp³-hybridized carbons (Fsp3) is 0.375. The van der Waals surface area contributed by atoms with Gasteiger partial charge in [-0.05, 0) is 70.6 Å². The molecule has 1 N–H and O–H groups in total. The Balaban J connectivity index is 1.59. The van der Waals surface area contributed by atoms with Crippen LogP contribution in [-0.2, 0) is 9.63 Å². The summed E-state index contributed by atoms with van der Waals surface area (Å²) in [5.74, 6) is -1.02. The first-order valence-electron chi connectivity index (χ1n) is 10.2. The van der Waals surface area contributed by atoms with Crippen molar-refractivity contribution in [2.24, 2.45) is 21.4 Å². The molecule has 162 valence electrons. The molecule has 5 nitrogen and oxygen atoms in total. The van der Waals surface area contributed by atoms with Crippen molar-refractivity contribution >= 4 is 39.2 Å². The molecule has 2 unspecified atom stereocenters. The standard InChI is InChI=1S/C24H24BrFN2O3/c1-22(2)23(3)12-13-24(22,21(30)27-16-10-8-15(26)9-11-16)14-19(23)28-31-20(29)17-6-4-5-7-18(17)25/h4-11H,12-14H2,1-3H3,(H,27,30)/b28-19+. The molecule has 2 saturated carbocycles. The van der Waals surface area contributed by atoms with Crippen LogP contribution in [0.25, 0.3) is 0 Å². The lowest BCUT2D eigenvalue weighted by Crippen LogP contribution is -2.43. The fourth-order valence-corrected chi connectivity index (χ4v) is 5.53. The Kier molecular flexibility index (Phi) is 5.28. The third-order valence-corrected chi connectivity index (χ3v) is 8.29. The molecule has 0 aromatic heterocycles. The molecule has 2 aliphatic carbocycles. The van der Waals surface area contributed by atoms with Crippen LogP contribution in [0.2, 0.25) is 0 Å². The summed E-state index contributed by atoms with van der Waals surface area (Å²) in [6, 6.07) is 12.7.